The number of hydrogen-bond acceptors (Lipinski definition) is 3. The Labute approximate surface area is 139 Å². The Kier molecular flexibility index (Phi) is 4.96. The largest absolute Gasteiger partial charge is 0.494 e. The van der Waals surface area contributed by atoms with Gasteiger partial charge in [0.25, 0.3) is 0 Å². The van der Waals surface area contributed by atoms with Gasteiger partial charge in [0.05, 0.1) is 12.3 Å². The van der Waals surface area contributed by atoms with Crippen LogP contribution in [0.15, 0.2) is 41.0 Å². The van der Waals surface area contributed by atoms with Gasteiger partial charge in [-0.2, -0.15) is 0 Å². The van der Waals surface area contributed by atoms with Crippen LogP contribution in [0.3, 0.4) is 0 Å². The summed E-state index contributed by atoms with van der Waals surface area (Å²) in [6, 6.07) is 9.52. The molecule has 0 spiro atoms. The fraction of sp³-hybridized carbons (Fsp3) is 0.353. The molecule has 2 rings (SSSR count). The number of carbonyl (C=O) groups excluding carboxylic acids is 1. The minimum absolute atomic E-state index is 0.407. The molecule has 118 valence electrons. The van der Waals surface area contributed by atoms with E-state index in [9.17, 15) is 4.79 Å². The van der Waals surface area contributed by atoms with E-state index in [1.165, 1.54) is 4.57 Å². The van der Waals surface area contributed by atoms with E-state index in [1.54, 1.807) is 6.20 Å². The van der Waals surface area contributed by atoms with Crippen molar-refractivity contribution in [1.82, 2.24) is 4.57 Å². The van der Waals surface area contributed by atoms with Crippen LogP contribution in [-0.4, -0.2) is 22.9 Å². The number of hydrogen-bond donors (Lipinski definition) is 0. The molecule has 0 aliphatic rings. The molecule has 0 atom stereocenters. The molecule has 0 unspecified atom stereocenters. The number of rotatable bonds is 3. The minimum Gasteiger partial charge on any atom is -0.494 e. The maximum atomic E-state index is 12.4. The highest BCUT2D eigenvalue weighted by Crippen LogP contribution is 2.29. The lowest BCUT2D eigenvalue weighted by atomic mass is 10.1. The van der Waals surface area contributed by atoms with Crippen LogP contribution in [0.4, 0.5) is 4.79 Å². The summed E-state index contributed by atoms with van der Waals surface area (Å²) in [7, 11) is 0. The molecule has 0 saturated carbocycles. The van der Waals surface area contributed by atoms with Crippen molar-refractivity contribution in [2.45, 2.75) is 33.3 Å². The summed E-state index contributed by atoms with van der Waals surface area (Å²) in [6.07, 6.45) is 1.30. The van der Waals surface area contributed by atoms with E-state index in [4.69, 9.17) is 9.47 Å². The Hall–Kier alpha value is -1.75. The summed E-state index contributed by atoms with van der Waals surface area (Å²) < 4.78 is 13.3. The zero-order valence-corrected chi connectivity index (χ0v) is 14.8. The zero-order chi connectivity index (χ0) is 16.3. The lowest BCUT2D eigenvalue weighted by molar-refractivity contribution is 0.0540. The van der Waals surface area contributed by atoms with Crippen LogP contribution in [-0.2, 0) is 4.74 Å². The number of aromatic nitrogens is 1. The van der Waals surface area contributed by atoms with Crippen molar-refractivity contribution in [3.63, 3.8) is 0 Å². The fourth-order valence-corrected chi connectivity index (χ4v) is 2.45. The topological polar surface area (TPSA) is 40.5 Å². The van der Waals surface area contributed by atoms with Crippen LogP contribution in [0.2, 0.25) is 0 Å². The van der Waals surface area contributed by atoms with Crippen molar-refractivity contribution in [1.29, 1.82) is 0 Å². The smallest absolute Gasteiger partial charge is 0.419 e. The molecular weight excluding hydrogens is 346 g/mol. The summed E-state index contributed by atoms with van der Waals surface area (Å²) in [5.41, 5.74) is 1.10. The van der Waals surface area contributed by atoms with E-state index in [2.05, 4.69) is 15.9 Å². The first-order valence-electron chi connectivity index (χ1n) is 7.14. The van der Waals surface area contributed by atoms with Gasteiger partial charge in [-0.25, -0.2) is 4.79 Å². The highest BCUT2D eigenvalue weighted by atomic mass is 79.9. The molecule has 1 aromatic heterocycles. The molecule has 22 heavy (non-hydrogen) atoms. The van der Waals surface area contributed by atoms with Crippen molar-refractivity contribution in [3.05, 3.63) is 41.0 Å². The third-order valence-electron chi connectivity index (χ3n) is 2.82. The number of benzene rings is 1. The maximum Gasteiger partial charge on any atom is 0.419 e. The van der Waals surface area contributed by atoms with E-state index in [1.807, 2.05) is 58.0 Å². The summed E-state index contributed by atoms with van der Waals surface area (Å²) >= 11 is 3.42. The quantitative estimate of drug-likeness (QED) is 0.759. The molecule has 0 saturated heterocycles. The van der Waals surface area contributed by atoms with Crippen molar-refractivity contribution in [2.24, 2.45) is 0 Å². The summed E-state index contributed by atoms with van der Waals surface area (Å²) in [6.45, 7) is 8.07. The van der Waals surface area contributed by atoms with Crippen LogP contribution >= 0.6 is 15.9 Å². The highest BCUT2D eigenvalue weighted by molar-refractivity contribution is 9.10. The van der Waals surface area contributed by atoms with E-state index in [0.29, 0.717) is 6.61 Å². The molecule has 0 aliphatic carbocycles. The standard InChI is InChI=1S/C17H20BrNO3/c1-5-21-14-8-6-7-12(9-14)15-10-13(18)11-19(15)16(20)22-17(2,3)4/h6-11H,5H2,1-4H3. The SMILES string of the molecule is CCOc1cccc(-c2cc(Br)cn2C(=O)OC(C)(C)C)c1. The summed E-state index contributed by atoms with van der Waals surface area (Å²) in [5.74, 6) is 0.771. The van der Waals surface area contributed by atoms with Crippen molar-refractivity contribution in [3.8, 4) is 17.0 Å². The molecule has 1 aromatic carbocycles. The first-order valence-corrected chi connectivity index (χ1v) is 7.94. The van der Waals surface area contributed by atoms with Gasteiger partial charge in [0, 0.05) is 16.2 Å². The zero-order valence-electron chi connectivity index (χ0n) is 13.2. The number of ether oxygens (including phenoxy) is 2. The normalized spacial score (nSPS) is 11.3. The van der Waals surface area contributed by atoms with Gasteiger partial charge in [-0.3, -0.25) is 4.57 Å². The second kappa shape index (κ2) is 6.57. The third-order valence-corrected chi connectivity index (χ3v) is 3.25. The first-order chi connectivity index (χ1) is 10.3. The third kappa shape index (κ3) is 4.13. The van der Waals surface area contributed by atoms with Crippen molar-refractivity contribution < 1.29 is 14.3 Å². The predicted octanol–water partition coefficient (Wildman–Crippen LogP) is 5.10. The van der Waals surface area contributed by atoms with Gasteiger partial charge in [0.15, 0.2) is 0 Å². The minimum atomic E-state index is -0.543. The van der Waals surface area contributed by atoms with Crippen LogP contribution < -0.4 is 4.74 Å². The van der Waals surface area contributed by atoms with E-state index in [0.717, 1.165) is 21.5 Å². The number of nitrogens with zero attached hydrogens (tertiary/aromatic N) is 1. The van der Waals surface area contributed by atoms with Crippen molar-refractivity contribution >= 4 is 22.0 Å². The molecule has 0 bridgehead atoms. The van der Waals surface area contributed by atoms with Gasteiger partial charge in [-0.05, 0) is 61.8 Å². The molecule has 0 N–H and O–H groups in total. The van der Waals surface area contributed by atoms with E-state index in [-0.39, 0.29) is 0 Å². The molecule has 0 amide bonds. The van der Waals surface area contributed by atoms with Crippen LogP contribution in [0.5, 0.6) is 5.75 Å². The van der Waals surface area contributed by atoms with Crippen LogP contribution in [0.1, 0.15) is 27.7 Å². The molecule has 4 nitrogen and oxygen atoms in total. The van der Waals surface area contributed by atoms with Crippen molar-refractivity contribution in [2.75, 3.05) is 6.61 Å². The maximum absolute atomic E-state index is 12.4. The Morgan fingerprint density at radius 3 is 2.64 bits per heavy atom. The van der Waals surface area contributed by atoms with Gasteiger partial charge in [-0.15, -0.1) is 0 Å². The predicted molar refractivity (Wildman–Crippen MR) is 90.4 cm³/mol. The van der Waals surface area contributed by atoms with Gasteiger partial charge >= 0.3 is 6.09 Å². The number of halogens is 1. The molecule has 0 fully saturated rings. The van der Waals surface area contributed by atoms with Crippen LogP contribution in [0.25, 0.3) is 11.3 Å². The Morgan fingerprint density at radius 2 is 2.00 bits per heavy atom. The molecule has 2 aromatic rings. The first kappa shape index (κ1) is 16.6. The summed E-state index contributed by atoms with van der Waals surface area (Å²) in [5, 5.41) is 0. The molecular formula is C17H20BrNO3. The second-order valence-electron chi connectivity index (χ2n) is 5.85. The Bertz CT molecular complexity index is 671. The lowest BCUT2D eigenvalue weighted by Crippen LogP contribution is -2.27. The van der Waals surface area contributed by atoms with E-state index < -0.39 is 11.7 Å². The summed E-state index contributed by atoms with van der Waals surface area (Å²) in [4.78, 5) is 12.4. The molecule has 0 radical (unpaired) electrons. The molecule has 0 aliphatic heterocycles. The second-order valence-corrected chi connectivity index (χ2v) is 6.77. The van der Waals surface area contributed by atoms with Gasteiger partial charge in [-0.1, -0.05) is 12.1 Å². The highest BCUT2D eigenvalue weighted by Gasteiger charge is 2.21. The Morgan fingerprint density at radius 1 is 1.27 bits per heavy atom. The van der Waals surface area contributed by atoms with Gasteiger partial charge in [0.2, 0.25) is 0 Å². The molecule has 1 heterocycles. The monoisotopic (exact) mass is 365 g/mol. The lowest BCUT2D eigenvalue weighted by Gasteiger charge is -2.20. The Balaban J connectivity index is 2.40. The average molecular weight is 366 g/mol. The molecule has 5 heteroatoms. The number of carbonyl (C=O) groups is 1. The van der Waals surface area contributed by atoms with Crippen LogP contribution in [0, 0.1) is 0 Å². The van der Waals surface area contributed by atoms with Gasteiger partial charge in [0.1, 0.15) is 11.4 Å². The fourth-order valence-electron chi connectivity index (χ4n) is 2.03. The van der Waals surface area contributed by atoms with E-state index >= 15 is 0 Å². The average Bonchev–Trinajstić information content (AvgIpc) is 2.80. The van der Waals surface area contributed by atoms with Gasteiger partial charge < -0.3 is 9.47 Å².